The van der Waals surface area contributed by atoms with Crippen molar-refractivity contribution in [1.29, 1.82) is 0 Å². The fourth-order valence-electron chi connectivity index (χ4n) is 1.74. The second-order valence-corrected chi connectivity index (χ2v) is 3.56. The van der Waals surface area contributed by atoms with Gasteiger partial charge >= 0.3 is 5.97 Å². The summed E-state index contributed by atoms with van der Waals surface area (Å²) < 4.78 is 5.41. The average Bonchev–Trinajstić information content (AvgIpc) is 2.66. The van der Waals surface area contributed by atoms with Crippen LogP contribution in [0.25, 0.3) is 0 Å². The number of aliphatic hydroxyl groups is 1. The molecule has 1 aromatic carbocycles. The van der Waals surface area contributed by atoms with Crippen molar-refractivity contribution in [1.82, 2.24) is 0 Å². The van der Waals surface area contributed by atoms with Crippen molar-refractivity contribution >= 4 is 5.97 Å². The van der Waals surface area contributed by atoms with Gasteiger partial charge in [-0.05, 0) is 11.1 Å². The van der Waals surface area contributed by atoms with Crippen LogP contribution in [-0.4, -0.2) is 28.9 Å². The zero-order chi connectivity index (χ0) is 10.8. The van der Waals surface area contributed by atoms with Crippen molar-refractivity contribution in [2.45, 2.75) is 18.9 Å². The molecule has 4 heteroatoms. The highest BCUT2D eigenvalue weighted by atomic mass is 16.5. The summed E-state index contributed by atoms with van der Waals surface area (Å²) in [6.45, 7) is 0.634. The lowest BCUT2D eigenvalue weighted by Crippen LogP contribution is -2.22. The summed E-state index contributed by atoms with van der Waals surface area (Å²) in [6.07, 6.45) is -0.411. The van der Waals surface area contributed by atoms with Gasteiger partial charge in [-0.2, -0.15) is 0 Å². The van der Waals surface area contributed by atoms with Crippen LogP contribution >= 0.6 is 0 Å². The molecular formula is C11H12O4. The second kappa shape index (κ2) is 3.90. The Morgan fingerprint density at radius 2 is 2.33 bits per heavy atom. The standard InChI is InChI=1S/C11H12O4/c12-9(11(13)14)6-8-3-1-2-7-4-5-15-10(7)8/h1-3,9,12H,4-6H2,(H,13,14)/t9-/m1/s1. The van der Waals surface area contributed by atoms with Gasteiger partial charge in [-0.3, -0.25) is 0 Å². The van der Waals surface area contributed by atoms with E-state index in [9.17, 15) is 9.90 Å². The number of hydrogen-bond acceptors (Lipinski definition) is 3. The van der Waals surface area contributed by atoms with Gasteiger partial charge in [0.1, 0.15) is 5.75 Å². The van der Waals surface area contributed by atoms with Crippen LogP contribution in [0.2, 0.25) is 0 Å². The second-order valence-electron chi connectivity index (χ2n) is 3.56. The highest BCUT2D eigenvalue weighted by molar-refractivity contribution is 5.72. The molecule has 0 amide bonds. The predicted molar refractivity (Wildman–Crippen MR) is 53.0 cm³/mol. The Bertz CT molecular complexity index is 386. The minimum absolute atomic E-state index is 0.0957. The van der Waals surface area contributed by atoms with E-state index in [1.165, 1.54) is 0 Å². The molecule has 1 aliphatic rings. The zero-order valence-corrected chi connectivity index (χ0v) is 8.14. The topological polar surface area (TPSA) is 66.8 Å². The van der Waals surface area contributed by atoms with Gasteiger partial charge in [-0.1, -0.05) is 18.2 Å². The SMILES string of the molecule is O=C(O)[C@H](O)Cc1cccc2c1OCC2. The molecule has 1 aliphatic heterocycles. The average molecular weight is 208 g/mol. The van der Waals surface area contributed by atoms with E-state index in [-0.39, 0.29) is 6.42 Å². The summed E-state index contributed by atoms with van der Waals surface area (Å²) in [5.41, 5.74) is 1.85. The van der Waals surface area contributed by atoms with E-state index in [4.69, 9.17) is 9.84 Å². The summed E-state index contributed by atoms with van der Waals surface area (Å²) >= 11 is 0. The molecule has 0 unspecified atom stereocenters. The van der Waals surface area contributed by atoms with Crippen molar-refractivity contribution in [2.75, 3.05) is 6.61 Å². The maximum Gasteiger partial charge on any atom is 0.332 e. The number of carboxylic acids is 1. The Kier molecular flexibility index (Phi) is 2.60. The summed E-state index contributed by atoms with van der Waals surface area (Å²) in [4.78, 5) is 10.5. The van der Waals surface area contributed by atoms with E-state index in [0.29, 0.717) is 6.61 Å². The normalized spacial score (nSPS) is 15.5. The maximum absolute atomic E-state index is 10.5. The Labute approximate surface area is 87.1 Å². The van der Waals surface area contributed by atoms with E-state index >= 15 is 0 Å². The van der Waals surface area contributed by atoms with E-state index in [2.05, 4.69) is 0 Å². The van der Waals surface area contributed by atoms with Crippen LogP contribution < -0.4 is 4.74 Å². The van der Waals surface area contributed by atoms with E-state index in [1.807, 2.05) is 12.1 Å². The number of carbonyl (C=O) groups is 1. The van der Waals surface area contributed by atoms with Crippen LogP contribution in [0.15, 0.2) is 18.2 Å². The van der Waals surface area contributed by atoms with Crippen LogP contribution in [0.1, 0.15) is 11.1 Å². The van der Waals surface area contributed by atoms with Crippen LogP contribution in [0.5, 0.6) is 5.75 Å². The molecule has 0 aromatic heterocycles. The Balaban J connectivity index is 2.22. The third kappa shape index (κ3) is 1.94. The van der Waals surface area contributed by atoms with Crippen molar-refractivity contribution in [2.24, 2.45) is 0 Å². The van der Waals surface area contributed by atoms with Gasteiger partial charge in [-0.15, -0.1) is 0 Å². The maximum atomic E-state index is 10.5. The molecular weight excluding hydrogens is 196 g/mol. The highest BCUT2D eigenvalue weighted by Crippen LogP contribution is 2.30. The number of rotatable bonds is 3. The van der Waals surface area contributed by atoms with E-state index in [0.717, 1.165) is 23.3 Å². The predicted octanol–water partition coefficient (Wildman–Crippen LogP) is 0.610. The molecule has 0 fully saturated rings. The van der Waals surface area contributed by atoms with Gasteiger partial charge in [0.05, 0.1) is 6.61 Å². The van der Waals surface area contributed by atoms with Gasteiger partial charge in [0.2, 0.25) is 0 Å². The Hall–Kier alpha value is -1.55. The molecule has 2 rings (SSSR count). The van der Waals surface area contributed by atoms with Gasteiger partial charge in [-0.25, -0.2) is 4.79 Å². The van der Waals surface area contributed by atoms with Crippen LogP contribution in [0.4, 0.5) is 0 Å². The lowest BCUT2D eigenvalue weighted by Gasteiger charge is -2.09. The third-order valence-electron chi connectivity index (χ3n) is 2.49. The minimum Gasteiger partial charge on any atom is -0.493 e. The number of benzene rings is 1. The molecule has 2 N–H and O–H groups in total. The van der Waals surface area contributed by atoms with Crippen molar-refractivity contribution in [3.63, 3.8) is 0 Å². The number of ether oxygens (including phenoxy) is 1. The Morgan fingerprint density at radius 3 is 3.07 bits per heavy atom. The number of carboxylic acid groups (broad SMARTS) is 1. The molecule has 0 radical (unpaired) electrons. The number of para-hydroxylation sites is 1. The number of fused-ring (bicyclic) bond motifs is 1. The van der Waals surface area contributed by atoms with Crippen molar-refractivity contribution < 1.29 is 19.7 Å². The monoisotopic (exact) mass is 208 g/mol. The van der Waals surface area contributed by atoms with Crippen molar-refractivity contribution in [3.05, 3.63) is 29.3 Å². The Morgan fingerprint density at radius 1 is 1.53 bits per heavy atom. The molecule has 0 aliphatic carbocycles. The van der Waals surface area contributed by atoms with Crippen LogP contribution in [-0.2, 0) is 17.6 Å². The lowest BCUT2D eigenvalue weighted by molar-refractivity contribution is -0.146. The third-order valence-corrected chi connectivity index (χ3v) is 2.49. The molecule has 80 valence electrons. The molecule has 0 saturated carbocycles. The largest absolute Gasteiger partial charge is 0.493 e. The summed E-state index contributed by atoms with van der Waals surface area (Å²) in [5, 5.41) is 17.9. The fourth-order valence-corrected chi connectivity index (χ4v) is 1.74. The molecule has 4 nitrogen and oxygen atoms in total. The van der Waals surface area contributed by atoms with Crippen molar-refractivity contribution in [3.8, 4) is 5.75 Å². The van der Waals surface area contributed by atoms with Crippen LogP contribution in [0, 0.1) is 0 Å². The molecule has 1 atom stereocenters. The van der Waals surface area contributed by atoms with E-state index < -0.39 is 12.1 Å². The lowest BCUT2D eigenvalue weighted by atomic mass is 10.0. The first-order chi connectivity index (χ1) is 7.18. The fraction of sp³-hybridized carbons (Fsp3) is 0.364. The summed E-state index contributed by atoms with van der Waals surface area (Å²) in [6, 6.07) is 5.60. The summed E-state index contributed by atoms with van der Waals surface area (Å²) in [5.74, 6) is -0.455. The molecule has 1 heterocycles. The van der Waals surface area contributed by atoms with Gasteiger partial charge < -0.3 is 14.9 Å². The minimum atomic E-state index is -1.36. The van der Waals surface area contributed by atoms with Gasteiger partial charge in [0.15, 0.2) is 6.10 Å². The number of aliphatic carboxylic acids is 1. The first-order valence-corrected chi connectivity index (χ1v) is 4.83. The first-order valence-electron chi connectivity index (χ1n) is 4.83. The molecule has 0 spiro atoms. The first kappa shape index (κ1) is 9.98. The molecule has 15 heavy (non-hydrogen) atoms. The van der Waals surface area contributed by atoms with Crippen LogP contribution in [0.3, 0.4) is 0 Å². The number of aliphatic hydroxyl groups excluding tert-OH is 1. The number of hydrogen-bond donors (Lipinski definition) is 2. The quantitative estimate of drug-likeness (QED) is 0.763. The highest BCUT2D eigenvalue weighted by Gasteiger charge is 2.20. The summed E-state index contributed by atoms with van der Waals surface area (Å²) in [7, 11) is 0. The van der Waals surface area contributed by atoms with E-state index in [1.54, 1.807) is 6.07 Å². The zero-order valence-electron chi connectivity index (χ0n) is 8.14. The molecule has 0 bridgehead atoms. The molecule has 0 saturated heterocycles. The smallest absolute Gasteiger partial charge is 0.332 e. The van der Waals surface area contributed by atoms with Gasteiger partial charge in [0.25, 0.3) is 0 Å². The van der Waals surface area contributed by atoms with Gasteiger partial charge in [0, 0.05) is 12.8 Å². The molecule has 1 aromatic rings.